The number of aromatic carboxylic acids is 1. The fraction of sp³-hybridized carbons (Fsp3) is 0.333. The molecular weight excluding hydrogens is 208 g/mol. The Morgan fingerprint density at radius 3 is 2.93 bits per heavy atom. The van der Waals surface area contributed by atoms with E-state index in [2.05, 4.69) is 9.72 Å². The Morgan fingerprint density at radius 1 is 1.60 bits per heavy atom. The van der Waals surface area contributed by atoms with Crippen molar-refractivity contribution < 1.29 is 23.4 Å². The van der Waals surface area contributed by atoms with Crippen molar-refractivity contribution in [3.05, 3.63) is 29.6 Å². The van der Waals surface area contributed by atoms with Crippen LogP contribution in [0.4, 0.5) is 8.78 Å². The normalized spacial score (nSPS) is 10.6. The zero-order valence-corrected chi connectivity index (χ0v) is 7.69. The van der Waals surface area contributed by atoms with Gasteiger partial charge in [-0.2, -0.15) is 0 Å². The molecule has 0 aliphatic heterocycles. The number of aromatic nitrogens is 1. The summed E-state index contributed by atoms with van der Waals surface area (Å²) in [5, 5.41) is 8.60. The van der Waals surface area contributed by atoms with Crippen LogP contribution >= 0.6 is 0 Å². The molecule has 82 valence electrons. The van der Waals surface area contributed by atoms with Gasteiger partial charge in [0.25, 0.3) is 6.43 Å². The maximum absolute atomic E-state index is 11.7. The van der Waals surface area contributed by atoms with Crippen molar-refractivity contribution in [3.63, 3.8) is 0 Å². The molecule has 1 N–H and O–H groups in total. The Labute approximate surface area is 84.5 Å². The number of alkyl halides is 2. The third-order valence-electron chi connectivity index (χ3n) is 1.56. The molecule has 0 spiro atoms. The molecule has 15 heavy (non-hydrogen) atoms. The number of hydrogen-bond acceptors (Lipinski definition) is 3. The van der Waals surface area contributed by atoms with Crippen LogP contribution in [0.15, 0.2) is 18.3 Å². The first-order chi connectivity index (χ1) is 7.09. The summed E-state index contributed by atoms with van der Waals surface area (Å²) in [5.74, 6) is -1.16. The van der Waals surface area contributed by atoms with E-state index in [1.165, 1.54) is 18.3 Å². The zero-order chi connectivity index (χ0) is 11.3. The number of carboxylic acids is 1. The quantitative estimate of drug-likeness (QED) is 0.813. The second-order valence-corrected chi connectivity index (χ2v) is 2.76. The first kappa shape index (κ1) is 11.5. The third kappa shape index (κ3) is 3.99. The van der Waals surface area contributed by atoms with Crippen molar-refractivity contribution in [2.45, 2.75) is 13.0 Å². The Morgan fingerprint density at radius 2 is 2.33 bits per heavy atom. The molecule has 0 atom stereocenters. The minimum Gasteiger partial charge on any atom is -0.477 e. The smallest absolute Gasteiger partial charge is 0.354 e. The van der Waals surface area contributed by atoms with E-state index in [0.717, 1.165) is 0 Å². The third-order valence-corrected chi connectivity index (χ3v) is 1.56. The van der Waals surface area contributed by atoms with Crippen molar-refractivity contribution in [3.8, 4) is 0 Å². The highest BCUT2D eigenvalue weighted by molar-refractivity contribution is 5.85. The number of halogens is 2. The van der Waals surface area contributed by atoms with Gasteiger partial charge in [-0.1, -0.05) is 0 Å². The second kappa shape index (κ2) is 5.35. The lowest BCUT2D eigenvalue weighted by atomic mass is 10.2. The van der Waals surface area contributed by atoms with Gasteiger partial charge in [0.2, 0.25) is 0 Å². The minimum atomic E-state index is -2.52. The molecule has 0 aliphatic rings. The van der Waals surface area contributed by atoms with Gasteiger partial charge in [-0.25, -0.2) is 18.6 Å². The molecule has 0 saturated carbocycles. The van der Waals surface area contributed by atoms with E-state index in [0.29, 0.717) is 5.56 Å². The van der Waals surface area contributed by atoms with Gasteiger partial charge in [0.05, 0.1) is 6.61 Å². The molecule has 0 radical (unpaired) electrons. The molecular formula is C9H9F2NO3. The lowest BCUT2D eigenvalue weighted by Crippen LogP contribution is -2.06. The van der Waals surface area contributed by atoms with Gasteiger partial charge in [0.15, 0.2) is 0 Å². The van der Waals surface area contributed by atoms with E-state index in [1.54, 1.807) is 0 Å². The van der Waals surface area contributed by atoms with Gasteiger partial charge in [-0.15, -0.1) is 0 Å². The lowest BCUT2D eigenvalue weighted by molar-refractivity contribution is 0.00981. The molecule has 6 heteroatoms. The van der Waals surface area contributed by atoms with Crippen LogP contribution in [0.2, 0.25) is 0 Å². The van der Waals surface area contributed by atoms with E-state index >= 15 is 0 Å². The summed E-state index contributed by atoms with van der Waals surface area (Å²) in [6.45, 7) is -0.710. The zero-order valence-electron chi connectivity index (χ0n) is 7.69. The number of hydrogen-bond donors (Lipinski definition) is 1. The predicted molar refractivity (Wildman–Crippen MR) is 46.9 cm³/mol. The Kier molecular flexibility index (Phi) is 4.11. The Hall–Kier alpha value is -1.56. The van der Waals surface area contributed by atoms with Crippen molar-refractivity contribution in [1.29, 1.82) is 0 Å². The molecule has 1 aromatic rings. The van der Waals surface area contributed by atoms with Gasteiger partial charge >= 0.3 is 5.97 Å². The van der Waals surface area contributed by atoms with Crippen molar-refractivity contribution >= 4 is 5.97 Å². The standard InChI is InChI=1S/C9H9F2NO3/c10-8(11)5-15-4-6-1-2-12-7(3-6)9(13)14/h1-3,8H,4-5H2,(H,13,14). The van der Waals surface area contributed by atoms with Gasteiger partial charge < -0.3 is 9.84 Å². The average Bonchev–Trinajstić information content (AvgIpc) is 2.17. The number of carbonyl (C=O) groups is 1. The molecule has 0 amide bonds. The molecule has 0 fully saturated rings. The summed E-state index contributed by atoms with van der Waals surface area (Å²) in [4.78, 5) is 14.1. The highest BCUT2D eigenvalue weighted by atomic mass is 19.3. The number of carboxylic acid groups (broad SMARTS) is 1. The molecule has 1 aromatic heterocycles. The molecule has 0 saturated heterocycles. The van der Waals surface area contributed by atoms with Crippen LogP contribution in [-0.4, -0.2) is 29.1 Å². The van der Waals surface area contributed by atoms with E-state index in [9.17, 15) is 13.6 Å². The van der Waals surface area contributed by atoms with Crippen LogP contribution in [0.3, 0.4) is 0 Å². The fourth-order valence-electron chi connectivity index (χ4n) is 0.947. The topological polar surface area (TPSA) is 59.4 Å². The SMILES string of the molecule is O=C(O)c1cc(COCC(F)F)ccn1. The van der Waals surface area contributed by atoms with E-state index in [4.69, 9.17) is 5.11 Å². The molecule has 0 aliphatic carbocycles. The van der Waals surface area contributed by atoms with Gasteiger partial charge in [0.1, 0.15) is 12.3 Å². The Bertz CT molecular complexity index is 344. The van der Waals surface area contributed by atoms with Crippen molar-refractivity contribution in [2.75, 3.05) is 6.61 Å². The average molecular weight is 217 g/mol. The number of nitrogens with zero attached hydrogens (tertiary/aromatic N) is 1. The second-order valence-electron chi connectivity index (χ2n) is 2.76. The first-order valence-electron chi connectivity index (χ1n) is 4.13. The van der Waals surface area contributed by atoms with E-state index in [-0.39, 0.29) is 12.3 Å². The van der Waals surface area contributed by atoms with E-state index in [1.807, 2.05) is 0 Å². The van der Waals surface area contributed by atoms with Crippen LogP contribution in [0.5, 0.6) is 0 Å². The monoisotopic (exact) mass is 217 g/mol. The minimum absolute atomic E-state index is 0.0485. The molecule has 0 bridgehead atoms. The Balaban J connectivity index is 2.54. The fourth-order valence-corrected chi connectivity index (χ4v) is 0.947. The van der Waals surface area contributed by atoms with E-state index < -0.39 is 19.0 Å². The van der Waals surface area contributed by atoms with Crippen molar-refractivity contribution in [1.82, 2.24) is 4.98 Å². The molecule has 0 unspecified atom stereocenters. The highest BCUT2D eigenvalue weighted by Gasteiger charge is 2.06. The summed E-state index contributed by atoms with van der Waals surface area (Å²) < 4.78 is 28.1. The predicted octanol–water partition coefficient (Wildman–Crippen LogP) is 1.56. The number of rotatable bonds is 5. The maximum atomic E-state index is 11.7. The first-order valence-corrected chi connectivity index (χ1v) is 4.13. The van der Waals surface area contributed by atoms with Crippen LogP contribution < -0.4 is 0 Å². The largest absolute Gasteiger partial charge is 0.477 e. The van der Waals surface area contributed by atoms with Crippen LogP contribution in [0.25, 0.3) is 0 Å². The highest BCUT2D eigenvalue weighted by Crippen LogP contribution is 2.04. The summed E-state index contributed by atoms with van der Waals surface area (Å²) in [6.07, 6.45) is -1.23. The van der Waals surface area contributed by atoms with Crippen LogP contribution in [-0.2, 0) is 11.3 Å². The van der Waals surface area contributed by atoms with Gasteiger partial charge in [0, 0.05) is 6.20 Å². The van der Waals surface area contributed by atoms with Gasteiger partial charge in [-0.3, -0.25) is 0 Å². The summed E-state index contributed by atoms with van der Waals surface area (Å²) in [5.41, 5.74) is 0.371. The number of ether oxygens (including phenoxy) is 1. The molecule has 1 rings (SSSR count). The summed E-state index contributed by atoms with van der Waals surface area (Å²) in [6, 6.07) is 2.80. The molecule has 1 heterocycles. The summed E-state index contributed by atoms with van der Waals surface area (Å²) >= 11 is 0. The summed E-state index contributed by atoms with van der Waals surface area (Å²) in [7, 11) is 0. The van der Waals surface area contributed by atoms with Gasteiger partial charge in [-0.05, 0) is 17.7 Å². The molecule has 0 aromatic carbocycles. The van der Waals surface area contributed by atoms with Crippen LogP contribution in [0, 0.1) is 0 Å². The lowest BCUT2D eigenvalue weighted by Gasteiger charge is -2.03. The maximum Gasteiger partial charge on any atom is 0.354 e. The molecule has 4 nitrogen and oxygen atoms in total. The van der Waals surface area contributed by atoms with Crippen LogP contribution in [0.1, 0.15) is 16.1 Å². The number of pyridine rings is 1. The van der Waals surface area contributed by atoms with Crippen molar-refractivity contribution in [2.24, 2.45) is 0 Å².